The SMILES string of the molecule is CCC1=C(C)c2cc3[n-]c(cc4nc(cc5[n-]c(cc1n2)c(C)c5CCC(=O)O)C(CCC(=O)O)=C4C)c(C)c3CC.CCC1=C(C)c2cc3[n-]c(cc4nc(cc5[n-]c(cc1n2)c(C)c5CCC(=O)O)C(CCC(=O)O)=C4C)c(C)c3CC.[Cu+2].[Zn+2]. The second kappa shape index (κ2) is 27.3. The van der Waals surface area contributed by atoms with Crippen LogP contribution in [0, 0.1) is 27.7 Å². The molecule has 0 spiro atoms. The van der Waals surface area contributed by atoms with Crippen LogP contribution in [0.15, 0.2) is 48.5 Å². The van der Waals surface area contributed by atoms with E-state index in [0.717, 1.165) is 171 Å². The van der Waals surface area contributed by atoms with Crippen LogP contribution in [0.5, 0.6) is 0 Å². The molecule has 10 heterocycles. The van der Waals surface area contributed by atoms with E-state index in [-0.39, 0.29) is 62.2 Å². The third-order valence-electron chi connectivity index (χ3n) is 17.1. The zero-order valence-electron chi connectivity index (χ0n) is 51.1. The van der Waals surface area contributed by atoms with Crippen molar-refractivity contribution in [2.45, 2.75) is 160 Å². The second-order valence-corrected chi connectivity index (χ2v) is 22.0. The summed E-state index contributed by atoms with van der Waals surface area (Å²) in [4.78, 5) is 86.1. The number of carboxylic acid groups (broad SMARTS) is 4. The molecule has 10 rings (SSSR count). The molecule has 0 amide bonds. The third kappa shape index (κ3) is 13.3. The maximum atomic E-state index is 11.5. The number of fused-ring (bicyclic) bond motifs is 16. The first-order chi connectivity index (χ1) is 40.0. The molecule has 0 fully saturated rings. The topological polar surface area (TPSA) is 257 Å². The Morgan fingerprint density at radius 2 is 0.547 bits per heavy atom. The molecule has 0 atom stereocenters. The molecule has 445 valence electrons. The van der Waals surface area contributed by atoms with Crippen LogP contribution in [-0.4, -0.2) is 64.2 Å². The van der Waals surface area contributed by atoms with Crippen LogP contribution in [-0.2, 0) is 81.4 Å². The Morgan fingerprint density at radius 1 is 0.326 bits per heavy atom. The van der Waals surface area contributed by atoms with Gasteiger partial charge in [-0.3, -0.25) is 19.2 Å². The first-order valence-electron chi connectivity index (χ1n) is 29.0. The fourth-order valence-electron chi connectivity index (χ4n) is 12.1. The Bertz CT molecular complexity index is 3990. The number of hydrogen-bond donors (Lipinski definition) is 4. The molecule has 6 aromatic rings. The first-order valence-corrected chi connectivity index (χ1v) is 29.0. The van der Waals surface area contributed by atoms with E-state index in [2.05, 4.69) is 67.5 Å². The number of aliphatic carboxylic acids is 4. The molecule has 4 N–H and O–H groups in total. The predicted octanol–water partition coefficient (Wildman–Crippen LogP) is 13.8. The second-order valence-electron chi connectivity index (χ2n) is 22.0. The standard InChI is InChI=1S/2C34H38N4O4.Cu.Zn/c2*1-7-21-17(3)25-13-26-19(5)23(9-11-33(39)40)31(37-26)16-32-24(10-12-34(41)42)20(6)28(38-32)15-30-22(8-2)18(4)27(36-30)14-29(21)35-25;;/h2*13-16H,7-12H2,1-6H3,(H4,35,36,37,38,39,40,41,42);;/q;;2*+2/p-4. The Balaban J connectivity index is 0.000000240. The van der Waals surface area contributed by atoms with Crippen molar-refractivity contribution in [1.29, 1.82) is 0 Å². The van der Waals surface area contributed by atoms with Gasteiger partial charge in [0, 0.05) is 25.7 Å². The van der Waals surface area contributed by atoms with E-state index in [1.54, 1.807) is 0 Å². The van der Waals surface area contributed by atoms with E-state index >= 15 is 0 Å². The largest absolute Gasteiger partial charge is 2.00 e. The molecule has 4 aliphatic heterocycles. The van der Waals surface area contributed by atoms with Gasteiger partial charge < -0.3 is 40.4 Å². The summed E-state index contributed by atoms with van der Waals surface area (Å²) in [6, 6.07) is 15.9. The maximum Gasteiger partial charge on any atom is 2.00 e. The summed E-state index contributed by atoms with van der Waals surface area (Å²) >= 11 is 0. The molecule has 86 heavy (non-hydrogen) atoms. The average molecular weight is 1260 g/mol. The maximum absolute atomic E-state index is 11.5. The summed E-state index contributed by atoms with van der Waals surface area (Å²) in [6.45, 7) is 24.7. The van der Waals surface area contributed by atoms with Crippen LogP contribution in [0.1, 0.15) is 197 Å². The van der Waals surface area contributed by atoms with E-state index in [4.69, 9.17) is 39.9 Å². The molecule has 18 heteroatoms. The summed E-state index contributed by atoms with van der Waals surface area (Å²) in [5, 5.41) is 37.8. The smallest absolute Gasteiger partial charge is 0.657 e. The van der Waals surface area contributed by atoms with Crippen LogP contribution in [0.4, 0.5) is 0 Å². The number of nitrogens with zero attached hydrogens (tertiary/aromatic N) is 8. The number of allylic oxidation sites excluding steroid dienone is 8. The third-order valence-corrected chi connectivity index (χ3v) is 17.1. The van der Waals surface area contributed by atoms with Crippen molar-refractivity contribution in [3.05, 3.63) is 139 Å². The number of aryl methyl sites for hydroxylation is 8. The van der Waals surface area contributed by atoms with Gasteiger partial charge in [0.15, 0.2) is 0 Å². The van der Waals surface area contributed by atoms with Crippen LogP contribution in [0.25, 0.3) is 88.7 Å². The molecule has 4 aliphatic rings. The first kappa shape index (κ1) is 65.8. The van der Waals surface area contributed by atoms with Gasteiger partial charge in [-0.25, -0.2) is 19.9 Å². The molecule has 0 unspecified atom stereocenters. The molecule has 0 aromatic carbocycles. The van der Waals surface area contributed by atoms with Gasteiger partial charge in [-0.15, -0.1) is 44.1 Å². The molecular weight excluding hydrogens is 1190 g/mol. The molecule has 0 saturated carbocycles. The minimum atomic E-state index is -0.878. The van der Waals surface area contributed by atoms with Crippen LogP contribution in [0.3, 0.4) is 0 Å². The normalized spacial score (nSPS) is 13.0. The van der Waals surface area contributed by atoms with Crippen molar-refractivity contribution >= 4 is 113 Å². The van der Waals surface area contributed by atoms with Gasteiger partial charge in [-0.1, -0.05) is 121 Å². The number of aromatic nitrogens is 8. The van der Waals surface area contributed by atoms with E-state index in [0.29, 0.717) is 48.1 Å². The Labute approximate surface area is 524 Å². The van der Waals surface area contributed by atoms with Crippen LogP contribution in [0.2, 0.25) is 0 Å². The van der Waals surface area contributed by atoms with Gasteiger partial charge in [0.1, 0.15) is 0 Å². The number of carbonyl (C=O) groups is 4. The molecule has 16 nitrogen and oxygen atoms in total. The molecule has 0 aliphatic carbocycles. The summed E-state index contributed by atoms with van der Waals surface area (Å²) in [5.74, 6) is -3.51. The minimum absolute atomic E-state index is 0. The quantitative estimate of drug-likeness (QED) is 0.0657. The van der Waals surface area contributed by atoms with Crippen molar-refractivity contribution in [2.75, 3.05) is 0 Å². The molecular formula is C68H72CuN8O8Zn. The number of hydrogen-bond acceptors (Lipinski definition) is 8. The summed E-state index contributed by atoms with van der Waals surface area (Å²) < 4.78 is 0. The molecule has 0 saturated heterocycles. The summed E-state index contributed by atoms with van der Waals surface area (Å²) in [5.41, 5.74) is 28.6. The average Bonchev–Trinajstić information content (AvgIpc) is 1.78. The van der Waals surface area contributed by atoms with Crippen LogP contribution < -0.4 is 19.9 Å². The zero-order chi connectivity index (χ0) is 60.6. The molecule has 1 radical (unpaired) electrons. The van der Waals surface area contributed by atoms with Crippen molar-refractivity contribution in [3.8, 4) is 0 Å². The Morgan fingerprint density at radius 3 is 0.826 bits per heavy atom. The molecule has 16 bridgehead atoms. The Kier molecular flexibility index (Phi) is 20.9. The predicted molar refractivity (Wildman–Crippen MR) is 332 cm³/mol. The van der Waals surface area contributed by atoms with E-state index < -0.39 is 23.9 Å². The van der Waals surface area contributed by atoms with Crippen molar-refractivity contribution in [1.82, 2.24) is 39.9 Å². The van der Waals surface area contributed by atoms with Crippen LogP contribution >= 0.6 is 0 Å². The summed E-state index contributed by atoms with van der Waals surface area (Å²) in [7, 11) is 0. The van der Waals surface area contributed by atoms with Crippen molar-refractivity contribution < 1.29 is 76.2 Å². The van der Waals surface area contributed by atoms with Gasteiger partial charge >= 0.3 is 60.4 Å². The van der Waals surface area contributed by atoms with Gasteiger partial charge in [0.2, 0.25) is 0 Å². The minimum Gasteiger partial charge on any atom is -0.657 e. The number of rotatable bonds is 16. The van der Waals surface area contributed by atoms with Gasteiger partial charge in [-0.05, 0) is 151 Å². The van der Waals surface area contributed by atoms with Crippen molar-refractivity contribution in [3.63, 3.8) is 0 Å². The van der Waals surface area contributed by atoms with E-state index in [9.17, 15) is 39.6 Å². The van der Waals surface area contributed by atoms with Crippen molar-refractivity contribution in [2.24, 2.45) is 0 Å². The fraction of sp³-hybridized carbons (Fsp3) is 0.353. The Hall–Kier alpha value is -7.78. The van der Waals surface area contributed by atoms with E-state index in [1.165, 1.54) is 11.1 Å². The van der Waals surface area contributed by atoms with Gasteiger partial charge in [0.05, 0.1) is 45.6 Å². The summed E-state index contributed by atoms with van der Waals surface area (Å²) in [6.07, 6.45) is 4.45. The fourth-order valence-corrected chi connectivity index (χ4v) is 12.1. The van der Waals surface area contributed by atoms with Gasteiger partial charge in [-0.2, -0.15) is 0 Å². The number of carboxylic acids is 4. The zero-order valence-corrected chi connectivity index (χ0v) is 55.0. The van der Waals surface area contributed by atoms with E-state index in [1.807, 2.05) is 64.1 Å². The van der Waals surface area contributed by atoms with Gasteiger partial charge in [0.25, 0.3) is 0 Å². The monoisotopic (exact) mass is 1260 g/mol. The molecule has 6 aromatic heterocycles.